The van der Waals surface area contributed by atoms with Crippen molar-refractivity contribution >= 4 is 29.1 Å². The quantitative estimate of drug-likeness (QED) is 0.562. The Morgan fingerprint density at radius 3 is 2.62 bits per heavy atom. The highest BCUT2D eigenvalue weighted by Crippen LogP contribution is 2.26. The number of rotatable bonds is 1. The lowest BCUT2D eigenvalue weighted by Crippen LogP contribution is -2.02. The molecule has 0 saturated heterocycles. The molecule has 0 unspecified atom stereocenters. The molecule has 2 rings (SSSR count). The van der Waals surface area contributed by atoms with Crippen molar-refractivity contribution in [2.24, 2.45) is 0 Å². The molecule has 66 valence electrons. The first-order chi connectivity index (χ1) is 6.38. The second-order valence-corrected chi connectivity index (χ2v) is 3.71. The van der Waals surface area contributed by atoms with E-state index in [1.54, 1.807) is 0 Å². The Labute approximate surface area is 86.6 Å². The summed E-state index contributed by atoms with van der Waals surface area (Å²) in [6.45, 7) is 0. The smallest absolute Gasteiger partial charge is 0.120 e. The van der Waals surface area contributed by atoms with Gasteiger partial charge in [-0.1, -0.05) is 41.9 Å². The predicted molar refractivity (Wildman–Crippen MR) is 59.1 cm³/mol. The van der Waals surface area contributed by atoms with Crippen LogP contribution in [-0.4, -0.2) is 0 Å². The highest BCUT2D eigenvalue weighted by atomic mass is 35.5. The third-order valence-electron chi connectivity index (χ3n) is 1.77. The van der Waals surface area contributed by atoms with Gasteiger partial charge in [0.25, 0.3) is 0 Å². The summed E-state index contributed by atoms with van der Waals surface area (Å²) in [7, 11) is 0. The van der Waals surface area contributed by atoms with Crippen LogP contribution in [-0.2, 0) is 0 Å². The highest BCUT2D eigenvalue weighted by Gasteiger charge is 2.06. The van der Waals surface area contributed by atoms with Crippen molar-refractivity contribution in [3.63, 3.8) is 0 Å². The van der Waals surface area contributed by atoms with Gasteiger partial charge in [0.1, 0.15) is 5.16 Å². The highest BCUT2D eigenvalue weighted by molar-refractivity contribution is 8.00. The van der Waals surface area contributed by atoms with Crippen LogP contribution >= 0.6 is 23.5 Å². The molecule has 1 aliphatic heterocycles. The van der Waals surface area contributed by atoms with Gasteiger partial charge in [0.15, 0.2) is 0 Å². The number of halogens is 1. The molecule has 0 fully saturated rings. The Morgan fingerprint density at radius 2 is 1.92 bits per heavy atom. The van der Waals surface area contributed by atoms with E-state index in [4.69, 9.17) is 11.6 Å². The molecule has 3 heteroatoms. The Balaban J connectivity index is 2.41. The summed E-state index contributed by atoms with van der Waals surface area (Å²) in [6, 6.07) is 10.1. The van der Waals surface area contributed by atoms with Crippen LogP contribution in [0.2, 0.25) is 0 Å². The Hall–Kier alpha value is -0.860. The summed E-state index contributed by atoms with van der Waals surface area (Å²) >= 11 is 7.49. The zero-order valence-electron chi connectivity index (χ0n) is 6.83. The molecule has 1 aromatic rings. The van der Waals surface area contributed by atoms with Crippen molar-refractivity contribution in [1.82, 2.24) is 4.72 Å². The van der Waals surface area contributed by atoms with E-state index in [-0.39, 0.29) is 0 Å². The molecule has 0 radical (unpaired) electrons. The van der Waals surface area contributed by atoms with Crippen molar-refractivity contribution in [3.8, 4) is 0 Å². The summed E-state index contributed by atoms with van der Waals surface area (Å²) in [6.07, 6.45) is 2.01. The molecule has 0 saturated carbocycles. The molecule has 0 atom stereocenters. The van der Waals surface area contributed by atoms with Crippen LogP contribution in [0, 0.1) is 0 Å². The van der Waals surface area contributed by atoms with Crippen LogP contribution in [0.4, 0.5) is 0 Å². The summed E-state index contributed by atoms with van der Waals surface area (Å²) in [5, 5.41) is 2.67. The summed E-state index contributed by atoms with van der Waals surface area (Å²) in [4.78, 5) is 0. The molecule has 1 N–H and O–H groups in total. The summed E-state index contributed by atoms with van der Waals surface area (Å²) in [5.74, 6) is 0. The first kappa shape index (κ1) is 8.73. The molecule has 1 aliphatic rings. The molecule has 0 aromatic heterocycles. The van der Waals surface area contributed by atoms with Gasteiger partial charge in [-0.2, -0.15) is 0 Å². The lowest BCUT2D eigenvalue weighted by atomic mass is 10.1. The first-order valence-corrected chi connectivity index (χ1v) is 5.17. The second-order valence-electron chi connectivity index (χ2n) is 2.62. The maximum absolute atomic E-state index is 6.01. The van der Waals surface area contributed by atoms with Crippen LogP contribution in [0.1, 0.15) is 5.56 Å². The van der Waals surface area contributed by atoms with Gasteiger partial charge in [-0.25, -0.2) is 0 Å². The van der Waals surface area contributed by atoms with Gasteiger partial charge >= 0.3 is 0 Å². The minimum atomic E-state index is 0.693. The Kier molecular flexibility index (Phi) is 2.62. The van der Waals surface area contributed by atoms with E-state index in [2.05, 4.69) is 4.72 Å². The lowest BCUT2D eigenvalue weighted by Gasteiger charge is -2.11. The second kappa shape index (κ2) is 3.90. The minimum Gasteiger partial charge on any atom is -0.316 e. The van der Waals surface area contributed by atoms with Gasteiger partial charge in [0.2, 0.25) is 0 Å². The van der Waals surface area contributed by atoms with Gasteiger partial charge in [-0.3, -0.25) is 0 Å². The van der Waals surface area contributed by atoms with Crippen LogP contribution in [0.25, 0.3) is 5.57 Å². The van der Waals surface area contributed by atoms with E-state index >= 15 is 0 Å². The Morgan fingerprint density at radius 1 is 1.15 bits per heavy atom. The molecule has 0 amide bonds. The van der Waals surface area contributed by atoms with Gasteiger partial charge in [0.05, 0.1) is 0 Å². The molecule has 0 spiro atoms. The predicted octanol–water partition coefficient (Wildman–Crippen LogP) is 3.36. The van der Waals surface area contributed by atoms with Crippen LogP contribution in [0.15, 0.2) is 47.0 Å². The average Bonchev–Trinajstić information content (AvgIpc) is 2.20. The normalized spacial score (nSPS) is 15.8. The number of allylic oxidation sites excluding steroid dienone is 2. The number of nitrogens with one attached hydrogen (secondary N) is 1. The fourth-order valence-corrected chi connectivity index (χ4v) is 1.95. The number of hydrogen-bond acceptors (Lipinski definition) is 2. The van der Waals surface area contributed by atoms with Gasteiger partial charge in [-0.15, -0.1) is 0 Å². The third kappa shape index (κ3) is 1.90. The average molecular weight is 210 g/mol. The fraction of sp³-hybridized carbons (Fsp3) is 0. The van der Waals surface area contributed by atoms with E-state index < -0.39 is 0 Å². The minimum absolute atomic E-state index is 0.693. The molecular formula is C10H8ClNS. The van der Waals surface area contributed by atoms with Crippen molar-refractivity contribution in [1.29, 1.82) is 0 Å². The van der Waals surface area contributed by atoms with Gasteiger partial charge < -0.3 is 4.72 Å². The summed E-state index contributed by atoms with van der Waals surface area (Å²) < 4.78 is 3.01. The van der Waals surface area contributed by atoms with E-state index in [0.29, 0.717) is 5.16 Å². The maximum Gasteiger partial charge on any atom is 0.120 e. The Bertz CT molecular complexity index is 356. The lowest BCUT2D eigenvalue weighted by molar-refractivity contribution is 1.36. The van der Waals surface area contributed by atoms with E-state index in [9.17, 15) is 0 Å². The number of benzene rings is 1. The zero-order chi connectivity index (χ0) is 9.10. The SMILES string of the molecule is ClC1=C(c2ccccc2)C=CSN1. The largest absolute Gasteiger partial charge is 0.316 e. The molecule has 0 bridgehead atoms. The number of hydrogen-bond donors (Lipinski definition) is 1. The standard InChI is InChI=1S/C10H8ClNS/c11-10-9(6-7-13-12-10)8-4-2-1-3-5-8/h1-7,12H. The third-order valence-corrected chi connectivity index (χ3v) is 2.78. The molecule has 1 nitrogen and oxygen atoms in total. The van der Waals surface area contributed by atoms with Crippen molar-refractivity contribution in [2.75, 3.05) is 0 Å². The van der Waals surface area contributed by atoms with E-state index in [1.165, 1.54) is 11.9 Å². The molecular weight excluding hydrogens is 202 g/mol. The van der Waals surface area contributed by atoms with Crippen molar-refractivity contribution in [2.45, 2.75) is 0 Å². The molecule has 1 heterocycles. The molecule has 0 aliphatic carbocycles. The fourth-order valence-electron chi connectivity index (χ4n) is 1.16. The monoisotopic (exact) mass is 209 g/mol. The zero-order valence-corrected chi connectivity index (χ0v) is 8.40. The molecule has 13 heavy (non-hydrogen) atoms. The van der Waals surface area contributed by atoms with Crippen molar-refractivity contribution in [3.05, 3.63) is 52.5 Å². The first-order valence-electron chi connectivity index (χ1n) is 3.91. The van der Waals surface area contributed by atoms with Crippen LogP contribution in [0.3, 0.4) is 0 Å². The van der Waals surface area contributed by atoms with Gasteiger partial charge in [-0.05, 0) is 29.0 Å². The molecule has 1 aromatic carbocycles. The topological polar surface area (TPSA) is 12.0 Å². The van der Waals surface area contributed by atoms with Crippen LogP contribution < -0.4 is 4.72 Å². The summed E-state index contributed by atoms with van der Waals surface area (Å²) in [5.41, 5.74) is 2.18. The van der Waals surface area contributed by atoms with Crippen LogP contribution in [0.5, 0.6) is 0 Å². The van der Waals surface area contributed by atoms with E-state index in [1.807, 2.05) is 41.8 Å². The van der Waals surface area contributed by atoms with Gasteiger partial charge in [0, 0.05) is 5.57 Å². The van der Waals surface area contributed by atoms with E-state index in [0.717, 1.165) is 11.1 Å². The van der Waals surface area contributed by atoms with Crippen molar-refractivity contribution < 1.29 is 0 Å². The maximum atomic E-state index is 6.01.